The van der Waals surface area contributed by atoms with E-state index in [1.54, 1.807) is 29.2 Å². The summed E-state index contributed by atoms with van der Waals surface area (Å²) in [5.74, 6) is 0.759. The fourth-order valence-corrected chi connectivity index (χ4v) is 2.99. The van der Waals surface area contributed by atoms with Gasteiger partial charge in [-0.3, -0.25) is 14.9 Å². The molecule has 1 atom stereocenters. The molecule has 0 bridgehead atoms. The largest absolute Gasteiger partial charge is 0.471 e. The van der Waals surface area contributed by atoms with Crippen LogP contribution in [0.2, 0.25) is 0 Å². The number of rotatable bonds is 5. The molecule has 0 N–H and O–H groups in total. The molecule has 142 valence electrons. The Balaban J connectivity index is 1.69. The van der Waals surface area contributed by atoms with Crippen molar-refractivity contribution in [1.82, 2.24) is 15.1 Å². The zero-order chi connectivity index (χ0) is 19.4. The van der Waals surface area contributed by atoms with E-state index in [1.165, 1.54) is 12.1 Å². The highest BCUT2D eigenvalue weighted by Crippen LogP contribution is 2.23. The van der Waals surface area contributed by atoms with Gasteiger partial charge in [0.15, 0.2) is 5.82 Å². The van der Waals surface area contributed by atoms with Crippen LogP contribution in [0.15, 0.2) is 36.4 Å². The van der Waals surface area contributed by atoms with E-state index in [0.717, 1.165) is 18.7 Å². The number of nitrogens with zero attached hydrogens (tertiary/aromatic N) is 5. The van der Waals surface area contributed by atoms with Gasteiger partial charge in [0.2, 0.25) is 5.88 Å². The van der Waals surface area contributed by atoms with Crippen LogP contribution in [-0.2, 0) is 0 Å². The van der Waals surface area contributed by atoms with Gasteiger partial charge in [0.1, 0.15) is 11.7 Å². The number of piperidine rings is 1. The first-order valence-electron chi connectivity index (χ1n) is 8.66. The molecule has 3 rings (SSSR count). The third-order valence-corrected chi connectivity index (χ3v) is 4.37. The van der Waals surface area contributed by atoms with Crippen molar-refractivity contribution in [3.8, 4) is 5.88 Å². The van der Waals surface area contributed by atoms with Crippen LogP contribution < -0.4 is 9.64 Å². The van der Waals surface area contributed by atoms with Crippen molar-refractivity contribution in [2.24, 2.45) is 0 Å². The van der Waals surface area contributed by atoms with Gasteiger partial charge in [-0.2, -0.15) is 0 Å². The van der Waals surface area contributed by atoms with Crippen LogP contribution in [0, 0.1) is 10.1 Å². The average Bonchev–Trinajstić information content (AvgIpc) is 2.68. The Morgan fingerprint density at radius 2 is 2.04 bits per heavy atom. The second-order valence-electron chi connectivity index (χ2n) is 6.53. The summed E-state index contributed by atoms with van der Waals surface area (Å²) < 4.78 is 5.86. The Hall–Kier alpha value is -3.23. The molecule has 1 unspecified atom stereocenters. The van der Waals surface area contributed by atoms with Gasteiger partial charge in [-0.15, -0.1) is 10.2 Å². The molecule has 0 aliphatic carbocycles. The molecule has 2 aromatic rings. The van der Waals surface area contributed by atoms with Crippen molar-refractivity contribution in [3.05, 3.63) is 52.1 Å². The van der Waals surface area contributed by atoms with E-state index in [0.29, 0.717) is 19.0 Å². The SMILES string of the molecule is CN(C)c1ccc(OC2CCCN(C(=O)c3ccccc3[N+](=O)[O-])C2)nn1. The van der Waals surface area contributed by atoms with Gasteiger partial charge in [0.05, 0.1) is 11.5 Å². The second kappa shape index (κ2) is 7.98. The van der Waals surface area contributed by atoms with Gasteiger partial charge in [-0.05, 0) is 25.0 Å². The quantitative estimate of drug-likeness (QED) is 0.586. The van der Waals surface area contributed by atoms with Crippen molar-refractivity contribution < 1.29 is 14.5 Å². The van der Waals surface area contributed by atoms with E-state index in [4.69, 9.17) is 4.74 Å². The molecule has 0 spiro atoms. The van der Waals surface area contributed by atoms with Crippen LogP contribution in [0.3, 0.4) is 0 Å². The van der Waals surface area contributed by atoms with E-state index in [1.807, 2.05) is 19.0 Å². The molecule has 1 fully saturated rings. The molecule has 1 aromatic carbocycles. The molecule has 9 nitrogen and oxygen atoms in total. The Kier molecular flexibility index (Phi) is 5.49. The fourth-order valence-electron chi connectivity index (χ4n) is 2.99. The molecule has 0 saturated carbocycles. The van der Waals surface area contributed by atoms with E-state index < -0.39 is 4.92 Å². The van der Waals surface area contributed by atoms with Gasteiger partial charge in [-0.25, -0.2) is 0 Å². The summed E-state index contributed by atoms with van der Waals surface area (Å²) in [6, 6.07) is 9.54. The summed E-state index contributed by atoms with van der Waals surface area (Å²) in [4.78, 5) is 26.9. The van der Waals surface area contributed by atoms with Crippen LogP contribution in [-0.4, -0.2) is 59.2 Å². The number of likely N-dealkylation sites (tertiary alicyclic amines) is 1. The van der Waals surface area contributed by atoms with Crippen LogP contribution in [0.5, 0.6) is 5.88 Å². The highest BCUT2D eigenvalue weighted by atomic mass is 16.6. The minimum absolute atomic E-state index is 0.0956. The van der Waals surface area contributed by atoms with Gasteiger partial charge in [0, 0.05) is 32.8 Å². The summed E-state index contributed by atoms with van der Waals surface area (Å²) in [5, 5.41) is 19.3. The van der Waals surface area contributed by atoms with Crippen LogP contribution in [0.4, 0.5) is 11.5 Å². The Morgan fingerprint density at radius 3 is 2.70 bits per heavy atom. The number of aromatic nitrogens is 2. The van der Waals surface area contributed by atoms with Gasteiger partial charge < -0.3 is 14.5 Å². The molecule has 1 aromatic heterocycles. The summed E-state index contributed by atoms with van der Waals surface area (Å²) in [7, 11) is 3.75. The molecule has 1 amide bonds. The number of ether oxygens (including phenoxy) is 1. The topological polar surface area (TPSA) is 102 Å². The number of nitro benzene ring substituents is 1. The van der Waals surface area contributed by atoms with Gasteiger partial charge in [-0.1, -0.05) is 12.1 Å². The lowest BCUT2D eigenvalue weighted by Gasteiger charge is -2.32. The molecule has 0 radical (unpaired) electrons. The van der Waals surface area contributed by atoms with Crippen molar-refractivity contribution in [3.63, 3.8) is 0 Å². The highest BCUT2D eigenvalue weighted by Gasteiger charge is 2.29. The summed E-state index contributed by atoms with van der Waals surface area (Å²) in [5.41, 5.74) is -0.0889. The normalized spacial score (nSPS) is 16.7. The van der Waals surface area contributed by atoms with Crippen LogP contribution >= 0.6 is 0 Å². The van der Waals surface area contributed by atoms with Crippen LogP contribution in [0.1, 0.15) is 23.2 Å². The average molecular weight is 371 g/mol. The first-order chi connectivity index (χ1) is 13.0. The lowest BCUT2D eigenvalue weighted by Crippen LogP contribution is -2.44. The number of anilines is 1. The highest BCUT2D eigenvalue weighted by molar-refractivity contribution is 5.98. The fraction of sp³-hybridized carbons (Fsp3) is 0.389. The summed E-state index contributed by atoms with van der Waals surface area (Å²) in [6.07, 6.45) is 1.29. The van der Waals surface area contributed by atoms with Crippen molar-refractivity contribution in [2.75, 3.05) is 32.1 Å². The molecule has 1 aliphatic heterocycles. The number of para-hydroxylation sites is 1. The summed E-state index contributed by atoms with van der Waals surface area (Å²) in [6.45, 7) is 0.887. The molecule has 9 heteroatoms. The summed E-state index contributed by atoms with van der Waals surface area (Å²) >= 11 is 0. The van der Waals surface area contributed by atoms with E-state index in [2.05, 4.69) is 10.2 Å². The maximum atomic E-state index is 12.8. The number of hydrogen-bond donors (Lipinski definition) is 0. The van der Waals surface area contributed by atoms with Crippen molar-refractivity contribution in [2.45, 2.75) is 18.9 Å². The number of hydrogen-bond acceptors (Lipinski definition) is 7. The van der Waals surface area contributed by atoms with Gasteiger partial charge in [0.25, 0.3) is 11.6 Å². The molecule has 27 heavy (non-hydrogen) atoms. The number of amides is 1. The van der Waals surface area contributed by atoms with E-state index in [-0.39, 0.29) is 23.3 Å². The predicted octanol–water partition coefficient (Wildman–Crippen LogP) is 2.13. The maximum Gasteiger partial charge on any atom is 0.282 e. The number of carbonyl (C=O) groups is 1. The van der Waals surface area contributed by atoms with E-state index >= 15 is 0 Å². The third kappa shape index (κ3) is 4.30. The monoisotopic (exact) mass is 371 g/mol. The smallest absolute Gasteiger partial charge is 0.282 e. The van der Waals surface area contributed by atoms with E-state index in [9.17, 15) is 14.9 Å². The Labute approximate surface area is 156 Å². The first kappa shape index (κ1) is 18.6. The van der Waals surface area contributed by atoms with Crippen LogP contribution in [0.25, 0.3) is 0 Å². The maximum absolute atomic E-state index is 12.8. The number of carbonyl (C=O) groups excluding carboxylic acids is 1. The molecular formula is C18H21N5O4. The first-order valence-corrected chi connectivity index (χ1v) is 8.66. The lowest BCUT2D eigenvalue weighted by molar-refractivity contribution is -0.385. The van der Waals surface area contributed by atoms with Crippen molar-refractivity contribution in [1.29, 1.82) is 0 Å². The molecule has 2 heterocycles. The van der Waals surface area contributed by atoms with Gasteiger partial charge >= 0.3 is 0 Å². The standard InChI is InChI=1S/C18H21N5O4/c1-21(2)16-9-10-17(20-19-16)27-13-6-5-11-22(12-13)18(24)14-7-3-4-8-15(14)23(25)26/h3-4,7-10,13H,5-6,11-12H2,1-2H3. The Bertz CT molecular complexity index is 825. The molecule has 1 aliphatic rings. The number of benzene rings is 1. The second-order valence-corrected chi connectivity index (χ2v) is 6.53. The zero-order valence-electron chi connectivity index (χ0n) is 15.2. The Morgan fingerprint density at radius 1 is 1.26 bits per heavy atom. The molecule has 1 saturated heterocycles. The predicted molar refractivity (Wildman–Crippen MR) is 99.0 cm³/mol. The molecular weight excluding hydrogens is 350 g/mol. The minimum atomic E-state index is -0.535. The zero-order valence-corrected chi connectivity index (χ0v) is 15.2. The van der Waals surface area contributed by atoms with Crippen molar-refractivity contribution >= 4 is 17.4 Å². The lowest BCUT2D eigenvalue weighted by atomic mass is 10.1. The number of nitro groups is 1. The third-order valence-electron chi connectivity index (χ3n) is 4.37. The minimum Gasteiger partial charge on any atom is -0.471 e.